The van der Waals surface area contributed by atoms with E-state index < -0.39 is 0 Å². The van der Waals surface area contributed by atoms with Crippen molar-refractivity contribution in [2.75, 3.05) is 12.8 Å². The van der Waals surface area contributed by atoms with Crippen LogP contribution in [0.4, 0.5) is 0 Å². The van der Waals surface area contributed by atoms with Crippen molar-refractivity contribution in [1.82, 2.24) is 5.32 Å². The molecular formula is C12H17NOS2. The summed E-state index contributed by atoms with van der Waals surface area (Å²) in [7, 11) is 0. The Labute approximate surface area is 105 Å². The average Bonchev–Trinajstić information content (AvgIpc) is 2.57. The van der Waals surface area contributed by atoms with Gasteiger partial charge in [0.1, 0.15) is 0 Å². The number of thiophene rings is 1. The minimum absolute atomic E-state index is 0.0900. The molecule has 0 atom stereocenters. The molecule has 0 aliphatic heterocycles. The molecule has 0 amide bonds. The first-order chi connectivity index (χ1) is 7.58. The molecule has 88 valence electrons. The lowest BCUT2D eigenvalue weighted by Gasteiger charge is -2.04. The van der Waals surface area contributed by atoms with Crippen molar-refractivity contribution < 1.29 is 4.79 Å². The molecule has 1 N–H and O–H groups in total. The van der Waals surface area contributed by atoms with E-state index in [1.165, 1.54) is 4.88 Å². The van der Waals surface area contributed by atoms with Gasteiger partial charge in [-0.05, 0) is 33.1 Å². The van der Waals surface area contributed by atoms with Crippen molar-refractivity contribution in [3.8, 4) is 0 Å². The monoisotopic (exact) mass is 255 g/mol. The quantitative estimate of drug-likeness (QED) is 0.646. The predicted molar refractivity (Wildman–Crippen MR) is 73.4 cm³/mol. The van der Waals surface area contributed by atoms with Crippen LogP contribution in [-0.4, -0.2) is 18.6 Å². The maximum atomic E-state index is 12.0. The van der Waals surface area contributed by atoms with E-state index in [-0.39, 0.29) is 5.78 Å². The molecule has 0 bridgehead atoms. The Morgan fingerprint density at radius 3 is 2.69 bits per heavy atom. The number of aryl methyl sites for hydroxylation is 2. The van der Waals surface area contributed by atoms with Gasteiger partial charge in [-0.3, -0.25) is 4.79 Å². The van der Waals surface area contributed by atoms with Crippen LogP contribution in [0.2, 0.25) is 0 Å². The van der Waals surface area contributed by atoms with Crippen LogP contribution in [0.15, 0.2) is 17.2 Å². The van der Waals surface area contributed by atoms with E-state index in [0.717, 1.165) is 22.0 Å². The topological polar surface area (TPSA) is 29.1 Å². The molecule has 1 aromatic heterocycles. The normalized spacial score (nSPS) is 11.6. The first-order valence-corrected chi connectivity index (χ1v) is 7.23. The highest BCUT2D eigenvalue weighted by molar-refractivity contribution is 8.02. The molecule has 0 radical (unpaired) electrons. The number of hydrogen-bond acceptors (Lipinski definition) is 4. The standard InChI is InChI=1S/C12H17NOS2/c1-5-13-12(15-4)7-11(14)10-6-8(2)16-9(10)3/h6-7,13H,5H2,1-4H3. The van der Waals surface area contributed by atoms with Crippen molar-refractivity contribution in [1.29, 1.82) is 0 Å². The fraction of sp³-hybridized carbons (Fsp3) is 0.417. The Morgan fingerprint density at radius 1 is 1.56 bits per heavy atom. The number of rotatable bonds is 5. The second-order valence-electron chi connectivity index (χ2n) is 3.43. The Hall–Kier alpha value is -0.740. The lowest BCUT2D eigenvalue weighted by atomic mass is 10.1. The third-order valence-corrected chi connectivity index (χ3v) is 3.81. The third-order valence-electron chi connectivity index (χ3n) is 2.14. The van der Waals surface area contributed by atoms with Crippen molar-refractivity contribution in [2.45, 2.75) is 20.8 Å². The van der Waals surface area contributed by atoms with E-state index in [2.05, 4.69) is 5.32 Å². The Bertz CT molecular complexity index is 407. The van der Waals surface area contributed by atoms with E-state index >= 15 is 0 Å². The minimum atomic E-state index is 0.0900. The highest BCUT2D eigenvalue weighted by atomic mass is 32.2. The lowest BCUT2D eigenvalue weighted by Crippen LogP contribution is -2.11. The number of ketones is 1. The summed E-state index contributed by atoms with van der Waals surface area (Å²) in [6, 6.07) is 1.96. The summed E-state index contributed by atoms with van der Waals surface area (Å²) in [4.78, 5) is 14.3. The fourth-order valence-corrected chi connectivity index (χ4v) is 2.87. The van der Waals surface area contributed by atoms with E-state index in [9.17, 15) is 4.79 Å². The van der Waals surface area contributed by atoms with Gasteiger partial charge < -0.3 is 5.32 Å². The van der Waals surface area contributed by atoms with Gasteiger partial charge in [0.05, 0.1) is 5.03 Å². The number of allylic oxidation sites excluding steroid dienone is 1. The summed E-state index contributed by atoms with van der Waals surface area (Å²) in [6.45, 7) is 6.87. The van der Waals surface area contributed by atoms with Gasteiger partial charge in [-0.1, -0.05) is 0 Å². The number of carbonyl (C=O) groups excluding carboxylic acids is 1. The summed E-state index contributed by atoms with van der Waals surface area (Å²) in [6.07, 6.45) is 3.65. The van der Waals surface area contributed by atoms with E-state index in [0.29, 0.717) is 0 Å². The molecule has 0 aromatic carbocycles. The second-order valence-corrected chi connectivity index (χ2v) is 5.74. The van der Waals surface area contributed by atoms with Crippen molar-refractivity contribution in [2.24, 2.45) is 0 Å². The van der Waals surface area contributed by atoms with Crippen LogP contribution in [-0.2, 0) is 0 Å². The number of carbonyl (C=O) groups is 1. The Morgan fingerprint density at radius 2 is 2.25 bits per heavy atom. The molecule has 0 aliphatic rings. The van der Waals surface area contributed by atoms with Gasteiger partial charge in [-0.15, -0.1) is 23.1 Å². The molecule has 0 aliphatic carbocycles. The fourth-order valence-electron chi connectivity index (χ4n) is 1.43. The van der Waals surface area contributed by atoms with Crippen LogP contribution in [0.25, 0.3) is 0 Å². The van der Waals surface area contributed by atoms with Gasteiger partial charge >= 0.3 is 0 Å². The van der Waals surface area contributed by atoms with Crippen LogP contribution < -0.4 is 5.32 Å². The van der Waals surface area contributed by atoms with Gasteiger partial charge in [0.2, 0.25) is 0 Å². The molecule has 0 saturated carbocycles. The summed E-state index contributed by atoms with van der Waals surface area (Å²) in [5.74, 6) is 0.0900. The summed E-state index contributed by atoms with van der Waals surface area (Å²) >= 11 is 3.23. The van der Waals surface area contributed by atoms with Crippen molar-refractivity contribution >= 4 is 28.9 Å². The van der Waals surface area contributed by atoms with Gasteiger partial charge in [-0.2, -0.15) is 0 Å². The molecule has 0 fully saturated rings. The number of thioether (sulfide) groups is 1. The zero-order valence-corrected chi connectivity index (χ0v) is 11.7. The smallest absolute Gasteiger partial charge is 0.189 e. The summed E-state index contributed by atoms with van der Waals surface area (Å²) < 4.78 is 0. The molecule has 2 nitrogen and oxygen atoms in total. The molecule has 0 spiro atoms. The molecule has 4 heteroatoms. The lowest BCUT2D eigenvalue weighted by molar-refractivity contribution is 0.104. The Kier molecular flexibility index (Phi) is 5.09. The maximum absolute atomic E-state index is 12.0. The SMILES string of the molecule is CCNC(=CC(=O)c1cc(C)sc1C)SC. The summed E-state index contributed by atoms with van der Waals surface area (Å²) in [5.41, 5.74) is 0.826. The van der Waals surface area contributed by atoms with Crippen LogP contribution >= 0.6 is 23.1 Å². The van der Waals surface area contributed by atoms with E-state index in [1.807, 2.05) is 33.1 Å². The molecule has 0 saturated heterocycles. The second kappa shape index (κ2) is 6.11. The minimum Gasteiger partial charge on any atom is -0.380 e. The predicted octanol–water partition coefficient (Wildman–Crippen LogP) is 3.36. The van der Waals surface area contributed by atoms with Gasteiger partial charge in [-0.25, -0.2) is 0 Å². The van der Waals surface area contributed by atoms with Gasteiger partial charge in [0.15, 0.2) is 5.78 Å². The van der Waals surface area contributed by atoms with E-state index in [1.54, 1.807) is 29.2 Å². The van der Waals surface area contributed by atoms with Crippen molar-refractivity contribution in [3.63, 3.8) is 0 Å². The van der Waals surface area contributed by atoms with E-state index in [4.69, 9.17) is 0 Å². The highest BCUT2D eigenvalue weighted by Crippen LogP contribution is 2.22. The number of nitrogens with one attached hydrogen (secondary N) is 1. The molecule has 1 aromatic rings. The highest BCUT2D eigenvalue weighted by Gasteiger charge is 2.10. The first-order valence-electron chi connectivity index (χ1n) is 5.19. The largest absolute Gasteiger partial charge is 0.380 e. The van der Waals surface area contributed by atoms with Crippen LogP contribution in [0.5, 0.6) is 0 Å². The molecule has 1 heterocycles. The van der Waals surface area contributed by atoms with Gasteiger partial charge in [0.25, 0.3) is 0 Å². The molecule has 16 heavy (non-hydrogen) atoms. The average molecular weight is 255 g/mol. The zero-order valence-electron chi connectivity index (χ0n) is 10.1. The molecule has 0 unspecified atom stereocenters. The van der Waals surface area contributed by atoms with Crippen LogP contribution in [0.3, 0.4) is 0 Å². The summed E-state index contributed by atoms with van der Waals surface area (Å²) in [5, 5.41) is 4.09. The maximum Gasteiger partial charge on any atom is 0.189 e. The molecule has 1 rings (SSSR count). The Balaban J connectivity index is 2.89. The molecular weight excluding hydrogens is 238 g/mol. The van der Waals surface area contributed by atoms with Crippen LogP contribution in [0.1, 0.15) is 27.0 Å². The number of hydrogen-bond donors (Lipinski definition) is 1. The van der Waals surface area contributed by atoms with Crippen LogP contribution in [0, 0.1) is 13.8 Å². The zero-order chi connectivity index (χ0) is 12.1. The van der Waals surface area contributed by atoms with Crippen molar-refractivity contribution in [3.05, 3.63) is 32.5 Å². The first kappa shape index (κ1) is 13.3. The van der Waals surface area contributed by atoms with Gasteiger partial charge in [0, 0.05) is 27.9 Å². The third kappa shape index (κ3) is 3.39.